The van der Waals surface area contributed by atoms with E-state index in [0.717, 1.165) is 5.69 Å². The third-order valence-electron chi connectivity index (χ3n) is 6.42. The highest BCUT2D eigenvalue weighted by atomic mass is 35.5. The molecule has 1 amide bonds. The summed E-state index contributed by atoms with van der Waals surface area (Å²) in [5.74, 6) is -0.668. The number of esters is 1. The summed E-state index contributed by atoms with van der Waals surface area (Å²) in [5.41, 5.74) is 1.61. The zero-order valence-corrected chi connectivity index (χ0v) is 22.1. The molecule has 0 saturated carbocycles. The third-order valence-corrected chi connectivity index (χ3v) is 6.65. The number of hydrogen-bond donors (Lipinski definition) is 1. The highest BCUT2D eigenvalue weighted by Gasteiger charge is 2.43. The van der Waals surface area contributed by atoms with E-state index in [-0.39, 0.29) is 6.61 Å². The highest BCUT2D eigenvalue weighted by Crippen LogP contribution is 2.42. The minimum atomic E-state index is -1.17. The van der Waals surface area contributed by atoms with Gasteiger partial charge < -0.3 is 28.7 Å². The Labute approximate surface area is 221 Å². The Balaban J connectivity index is 1.66. The fourth-order valence-corrected chi connectivity index (χ4v) is 4.77. The summed E-state index contributed by atoms with van der Waals surface area (Å²) in [5, 5.41) is 3.51. The molecule has 2 atom stereocenters. The average molecular weight is 531 g/mol. The number of rotatable bonds is 7. The van der Waals surface area contributed by atoms with Crippen LogP contribution in [0.4, 0.5) is 5.69 Å². The minimum Gasteiger partial charge on any atom is -0.493 e. The SMILES string of the molecule is CCOC(=O)[C@@H]1C(=O)NC(N2CCN(c3cccc(Cl)c3)CC2)=N[C@@H]1c1cc(OC)c(OC)c(OC)c1. The fourth-order valence-electron chi connectivity index (χ4n) is 4.59. The number of piperazine rings is 1. The predicted molar refractivity (Wildman–Crippen MR) is 140 cm³/mol. The van der Waals surface area contributed by atoms with E-state index in [1.807, 2.05) is 29.2 Å². The van der Waals surface area contributed by atoms with Gasteiger partial charge in [-0.3, -0.25) is 14.9 Å². The minimum absolute atomic E-state index is 0.145. The largest absolute Gasteiger partial charge is 0.493 e. The summed E-state index contributed by atoms with van der Waals surface area (Å²) >= 11 is 6.16. The third kappa shape index (κ3) is 5.53. The molecular formula is C26H31ClN4O6. The van der Waals surface area contributed by atoms with Crippen LogP contribution in [-0.4, -0.2) is 76.9 Å². The van der Waals surface area contributed by atoms with Crippen molar-refractivity contribution in [2.75, 3.05) is 59.0 Å². The molecule has 198 valence electrons. The average Bonchev–Trinajstić information content (AvgIpc) is 2.91. The lowest BCUT2D eigenvalue weighted by atomic mass is 9.90. The molecule has 37 heavy (non-hydrogen) atoms. The second kappa shape index (κ2) is 11.6. The number of methoxy groups -OCH3 is 3. The van der Waals surface area contributed by atoms with Crippen molar-refractivity contribution in [1.29, 1.82) is 0 Å². The summed E-state index contributed by atoms with van der Waals surface area (Å²) in [6.45, 7) is 4.51. The van der Waals surface area contributed by atoms with Crippen LogP contribution in [0.1, 0.15) is 18.5 Å². The van der Waals surface area contributed by atoms with Crippen LogP contribution in [0.15, 0.2) is 41.4 Å². The molecule has 0 radical (unpaired) electrons. The first-order valence-electron chi connectivity index (χ1n) is 12.0. The number of halogens is 1. The lowest BCUT2D eigenvalue weighted by Gasteiger charge is -2.39. The Bertz CT molecular complexity index is 1160. The van der Waals surface area contributed by atoms with Crippen LogP contribution in [0.25, 0.3) is 0 Å². The Morgan fingerprint density at radius 3 is 2.24 bits per heavy atom. The number of guanidine groups is 1. The number of anilines is 1. The van der Waals surface area contributed by atoms with Crippen LogP contribution in [0.3, 0.4) is 0 Å². The number of amides is 1. The molecule has 10 nitrogen and oxygen atoms in total. The number of benzene rings is 2. The van der Waals surface area contributed by atoms with Gasteiger partial charge in [-0.05, 0) is 42.8 Å². The standard InChI is InChI=1S/C26H31ClN4O6/c1-5-37-25(33)21-22(16-13-19(34-2)23(36-4)20(14-16)35-3)28-26(29-24(21)32)31-11-9-30(10-12-31)18-8-6-7-17(27)15-18/h6-8,13-15,21-22H,5,9-12H2,1-4H3,(H,28,29,32)/t21-,22+/m0/s1. The van der Waals surface area contributed by atoms with Gasteiger partial charge in [-0.25, -0.2) is 4.99 Å². The van der Waals surface area contributed by atoms with Gasteiger partial charge >= 0.3 is 5.97 Å². The van der Waals surface area contributed by atoms with Gasteiger partial charge in [-0.2, -0.15) is 0 Å². The number of hydrogen-bond acceptors (Lipinski definition) is 9. The number of ether oxygens (including phenoxy) is 4. The van der Waals surface area contributed by atoms with E-state index in [0.29, 0.717) is 60.0 Å². The molecule has 0 spiro atoms. The topological polar surface area (TPSA) is 102 Å². The molecule has 0 aliphatic carbocycles. The van der Waals surface area contributed by atoms with E-state index in [4.69, 9.17) is 35.5 Å². The number of nitrogens with one attached hydrogen (secondary N) is 1. The molecule has 1 saturated heterocycles. The molecule has 1 N–H and O–H groups in total. The monoisotopic (exact) mass is 530 g/mol. The lowest BCUT2D eigenvalue weighted by Crippen LogP contribution is -2.57. The number of carbonyl (C=O) groups is 2. The maximum Gasteiger partial charge on any atom is 0.321 e. The van der Waals surface area contributed by atoms with Crippen molar-refractivity contribution < 1.29 is 28.5 Å². The number of nitrogens with zero attached hydrogens (tertiary/aromatic N) is 3. The second-order valence-electron chi connectivity index (χ2n) is 8.53. The normalized spacial score (nSPS) is 19.6. The van der Waals surface area contributed by atoms with Crippen molar-refractivity contribution in [2.45, 2.75) is 13.0 Å². The van der Waals surface area contributed by atoms with Crippen molar-refractivity contribution in [3.8, 4) is 17.2 Å². The molecule has 4 rings (SSSR count). The van der Waals surface area contributed by atoms with Gasteiger partial charge in [0.1, 0.15) is 6.04 Å². The molecule has 11 heteroatoms. The van der Waals surface area contributed by atoms with E-state index in [9.17, 15) is 9.59 Å². The Morgan fingerprint density at radius 2 is 1.68 bits per heavy atom. The summed E-state index contributed by atoms with van der Waals surface area (Å²) in [4.78, 5) is 35.2. The number of carbonyl (C=O) groups excluding carboxylic acids is 2. The van der Waals surface area contributed by atoms with Crippen LogP contribution in [0.5, 0.6) is 17.2 Å². The van der Waals surface area contributed by atoms with Crippen molar-refractivity contribution in [1.82, 2.24) is 10.2 Å². The molecule has 2 aliphatic heterocycles. The molecule has 2 aromatic carbocycles. The summed E-state index contributed by atoms with van der Waals surface area (Å²) in [7, 11) is 4.52. The smallest absolute Gasteiger partial charge is 0.321 e. The van der Waals surface area contributed by atoms with Gasteiger partial charge in [-0.1, -0.05) is 17.7 Å². The first-order chi connectivity index (χ1) is 17.9. The predicted octanol–water partition coefficient (Wildman–Crippen LogP) is 2.89. The Hall–Kier alpha value is -3.66. The van der Waals surface area contributed by atoms with Crippen LogP contribution in [0, 0.1) is 5.92 Å². The molecule has 0 aromatic heterocycles. The fraction of sp³-hybridized carbons (Fsp3) is 0.423. The first kappa shape index (κ1) is 26.4. The van der Waals surface area contributed by atoms with E-state index in [1.54, 1.807) is 19.1 Å². The zero-order chi connectivity index (χ0) is 26.5. The van der Waals surface area contributed by atoms with Crippen LogP contribution >= 0.6 is 11.6 Å². The summed E-state index contributed by atoms with van der Waals surface area (Å²) < 4.78 is 21.6. The van der Waals surface area contributed by atoms with Crippen molar-refractivity contribution in [3.05, 3.63) is 47.0 Å². The van der Waals surface area contributed by atoms with Crippen molar-refractivity contribution >= 4 is 35.1 Å². The summed E-state index contributed by atoms with van der Waals surface area (Å²) in [6, 6.07) is 10.3. The van der Waals surface area contributed by atoms with Gasteiger partial charge in [0.05, 0.1) is 27.9 Å². The van der Waals surface area contributed by atoms with Crippen LogP contribution in [0.2, 0.25) is 5.02 Å². The van der Waals surface area contributed by atoms with Gasteiger partial charge in [0.15, 0.2) is 17.4 Å². The number of aliphatic imine (C=N–C) groups is 1. The van der Waals surface area contributed by atoms with E-state index in [1.165, 1.54) is 21.3 Å². The zero-order valence-electron chi connectivity index (χ0n) is 21.3. The van der Waals surface area contributed by atoms with Gasteiger partial charge in [-0.15, -0.1) is 0 Å². The second-order valence-corrected chi connectivity index (χ2v) is 8.97. The molecule has 2 aliphatic rings. The van der Waals surface area contributed by atoms with E-state index in [2.05, 4.69) is 10.2 Å². The molecule has 0 unspecified atom stereocenters. The maximum atomic E-state index is 13.3. The molecule has 1 fully saturated rings. The molecule has 2 heterocycles. The molecular weight excluding hydrogens is 500 g/mol. The van der Waals surface area contributed by atoms with Crippen molar-refractivity contribution in [3.63, 3.8) is 0 Å². The van der Waals surface area contributed by atoms with Gasteiger partial charge in [0, 0.05) is 36.9 Å². The quantitative estimate of drug-likeness (QED) is 0.431. The van der Waals surface area contributed by atoms with E-state index >= 15 is 0 Å². The Morgan fingerprint density at radius 1 is 1.03 bits per heavy atom. The summed E-state index contributed by atoms with van der Waals surface area (Å²) in [6.07, 6.45) is 0. The van der Waals surface area contributed by atoms with Crippen LogP contribution in [-0.2, 0) is 14.3 Å². The Kier molecular flexibility index (Phi) is 8.27. The van der Waals surface area contributed by atoms with Gasteiger partial charge in [0.2, 0.25) is 17.6 Å². The maximum absolute atomic E-state index is 13.3. The lowest BCUT2D eigenvalue weighted by molar-refractivity contribution is -0.153. The van der Waals surface area contributed by atoms with Gasteiger partial charge in [0.25, 0.3) is 0 Å². The first-order valence-corrected chi connectivity index (χ1v) is 12.4. The van der Waals surface area contributed by atoms with Crippen LogP contribution < -0.4 is 24.4 Å². The van der Waals surface area contributed by atoms with Crippen molar-refractivity contribution in [2.24, 2.45) is 10.9 Å². The highest BCUT2D eigenvalue weighted by molar-refractivity contribution is 6.30. The van der Waals surface area contributed by atoms with E-state index < -0.39 is 23.8 Å². The molecule has 2 aromatic rings. The molecule has 0 bridgehead atoms.